The molecule has 0 saturated carbocycles. The highest BCUT2D eigenvalue weighted by molar-refractivity contribution is 7.80. The number of benzene rings is 1. The van der Waals surface area contributed by atoms with Gasteiger partial charge in [-0.1, -0.05) is 18.2 Å². The van der Waals surface area contributed by atoms with Crippen LogP contribution < -0.4 is 5.32 Å². The van der Waals surface area contributed by atoms with Gasteiger partial charge in [0.1, 0.15) is 17.6 Å². The number of carboxylic acids is 1. The third kappa shape index (κ3) is 4.72. The van der Waals surface area contributed by atoms with Gasteiger partial charge in [-0.15, -0.1) is 0 Å². The van der Waals surface area contributed by atoms with E-state index in [0.717, 1.165) is 0 Å². The van der Waals surface area contributed by atoms with Gasteiger partial charge < -0.3 is 19.6 Å². The fourth-order valence-corrected chi connectivity index (χ4v) is 3.45. The Bertz CT molecular complexity index is 540. The van der Waals surface area contributed by atoms with Gasteiger partial charge in [-0.25, -0.2) is 0 Å². The maximum Gasteiger partial charge on any atom is 0.349 e. The zero-order chi connectivity index (χ0) is 16.0. The van der Waals surface area contributed by atoms with Crippen LogP contribution in [0.2, 0.25) is 0 Å². The summed E-state index contributed by atoms with van der Waals surface area (Å²) in [6.45, 7) is 1.51. The van der Waals surface area contributed by atoms with Crippen molar-refractivity contribution in [2.75, 3.05) is 12.4 Å². The topological polar surface area (TPSA) is 116 Å². The van der Waals surface area contributed by atoms with Gasteiger partial charge in [0, 0.05) is 11.3 Å². The van der Waals surface area contributed by atoms with Crippen LogP contribution in [0.1, 0.15) is 18.3 Å². The number of aromatic hydroxyl groups is 1. The van der Waals surface area contributed by atoms with Crippen molar-refractivity contribution >= 4 is 26.2 Å². The number of para-hydroxylation sites is 1. The normalized spacial score (nSPS) is 16.9. The van der Waals surface area contributed by atoms with Crippen molar-refractivity contribution in [2.24, 2.45) is 0 Å². The molecule has 2 unspecified atom stereocenters. The molecule has 0 fully saturated rings. The molecule has 0 aromatic heterocycles. The Morgan fingerprint density at radius 3 is 2.57 bits per heavy atom. The Balaban J connectivity index is 3.21. The van der Waals surface area contributed by atoms with Crippen LogP contribution in [0.4, 0.5) is 0 Å². The second-order valence-electron chi connectivity index (χ2n) is 4.18. The maximum absolute atomic E-state index is 12.3. The van der Waals surface area contributed by atoms with E-state index in [1.165, 1.54) is 19.1 Å². The summed E-state index contributed by atoms with van der Waals surface area (Å²) >= 11 is 3.90. The van der Waals surface area contributed by atoms with Crippen molar-refractivity contribution in [2.45, 2.75) is 18.7 Å². The number of rotatable bonds is 8. The molecule has 7 nitrogen and oxygen atoms in total. The number of hydrogen-bond acceptors (Lipinski definition) is 6. The summed E-state index contributed by atoms with van der Waals surface area (Å²) < 4.78 is 17.1. The number of phenolic OH excluding ortho intramolecular Hbond substituents is 1. The molecule has 0 radical (unpaired) electrons. The van der Waals surface area contributed by atoms with Gasteiger partial charge in [-0.2, -0.15) is 12.6 Å². The number of aliphatic carboxylic acids is 1. The summed E-state index contributed by atoms with van der Waals surface area (Å²) in [6, 6.07) is 4.70. The maximum atomic E-state index is 12.3. The van der Waals surface area contributed by atoms with E-state index in [9.17, 15) is 19.4 Å². The van der Waals surface area contributed by atoms with Crippen LogP contribution in [0.5, 0.6) is 5.75 Å². The molecule has 9 heteroatoms. The molecule has 21 heavy (non-hydrogen) atoms. The summed E-state index contributed by atoms with van der Waals surface area (Å²) in [4.78, 5) is 21.1. The molecular weight excluding hydrogens is 317 g/mol. The molecule has 1 rings (SSSR count). The molecule has 3 atom stereocenters. The Labute approximate surface area is 127 Å². The lowest BCUT2D eigenvalue weighted by atomic mass is 10.2. The smallest absolute Gasteiger partial charge is 0.349 e. The number of thiol groups is 1. The van der Waals surface area contributed by atoms with Crippen molar-refractivity contribution in [3.8, 4) is 5.75 Å². The van der Waals surface area contributed by atoms with Crippen molar-refractivity contribution in [1.82, 2.24) is 5.32 Å². The van der Waals surface area contributed by atoms with E-state index >= 15 is 0 Å². The number of carbonyl (C=O) groups is 1. The van der Waals surface area contributed by atoms with Crippen LogP contribution in [-0.4, -0.2) is 39.5 Å². The molecule has 0 heterocycles. The molecule has 118 valence electrons. The first kappa shape index (κ1) is 18.0. The van der Waals surface area contributed by atoms with Crippen LogP contribution in [0.3, 0.4) is 0 Å². The first-order valence-corrected chi connectivity index (χ1v) is 8.46. The monoisotopic (exact) mass is 335 g/mol. The molecule has 0 amide bonds. The van der Waals surface area contributed by atoms with Crippen molar-refractivity contribution in [1.29, 1.82) is 0 Å². The Morgan fingerprint density at radius 2 is 2.10 bits per heavy atom. The SMILES string of the molecule is CCOP(=O)(O)C(N[C@@H](CS)C(=O)O)c1ccccc1O. The number of hydrogen-bond donors (Lipinski definition) is 5. The number of nitrogens with one attached hydrogen (secondary N) is 1. The zero-order valence-electron chi connectivity index (χ0n) is 11.3. The standard InChI is InChI=1S/C12H18NO6PS/c1-2-19-20(17,18)11(13-9(7-21)12(15)16)8-5-3-4-6-10(8)14/h3-6,9,11,13-14,21H,2,7H2,1H3,(H,15,16)(H,17,18)/t9-,11?/m0/s1. The van der Waals surface area contributed by atoms with Crippen molar-refractivity contribution < 1.29 is 29.0 Å². The van der Waals surface area contributed by atoms with E-state index in [2.05, 4.69) is 17.9 Å². The van der Waals surface area contributed by atoms with Crippen molar-refractivity contribution in [3.05, 3.63) is 29.8 Å². The predicted octanol–water partition coefficient (Wildman–Crippen LogP) is 1.59. The summed E-state index contributed by atoms with van der Waals surface area (Å²) in [5.74, 6) is -2.91. The largest absolute Gasteiger partial charge is 0.508 e. The molecule has 4 N–H and O–H groups in total. The Kier molecular flexibility index (Phi) is 6.70. The second-order valence-corrected chi connectivity index (χ2v) is 6.45. The molecular formula is C12H18NO6PS. The average molecular weight is 335 g/mol. The fourth-order valence-electron chi connectivity index (χ4n) is 1.73. The summed E-state index contributed by atoms with van der Waals surface area (Å²) in [5, 5.41) is 21.4. The first-order valence-electron chi connectivity index (χ1n) is 6.18. The summed E-state index contributed by atoms with van der Waals surface area (Å²) in [6.07, 6.45) is 0. The summed E-state index contributed by atoms with van der Waals surface area (Å²) in [5.41, 5.74) is 0.0878. The van der Waals surface area contributed by atoms with Crippen LogP contribution in [0.25, 0.3) is 0 Å². The molecule has 0 aliphatic heterocycles. The minimum atomic E-state index is -4.23. The van der Waals surface area contributed by atoms with E-state index in [-0.39, 0.29) is 23.7 Å². The van der Waals surface area contributed by atoms with Crippen LogP contribution in [0.15, 0.2) is 24.3 Å². The Morgan fingerprint density at radius 1 is 1.48 bits per heavy atom. The quantitative estimate of drug-likeness (QED) is 0.362. The van der Waals surface area contributed by atoms with E-state index in [0.29, 0.717) is 0 Å². The lowest BCUT2D eigenvalue weighted by Gasteiger charge is -2.26. The molecule has 0 bridgehead atoms. The minimum absolute atomic E-state index is 0.0296. The van der Waals surface area contributed by atoms with E-state index in [4.69, 9.17) is 9.63 Å². The van der Waals surface area contributed by atoms with Gasteiger partial charge in [-0.05, 0) is 13.0 Å². The van der Waals surface area contributed by atoms with Gasteiger partial charge in [0.05, 0.1) is 6.61 Å². The van der Waals surface area contributed by atoms with Gasteiger partial charge in [0.25, 0.3) is 0 Å². The number of phenols is 1. The lowest BCUT2D eigenvalue weighted by Crippen LogP contribution is -2.40. The van der Waals surface area contributed by atoms with E-state index in [1.807, 2.05) is 0 Å². The van der Waals surface area contributed by atoms with Crippen molar-refractivity contribution in [3.63, 3.8) is 0 Å². The zero-order valence-corrected chi connectivity index (χ0v) is 13.1. The molecule has 1 aromatic carbocycles. The van der Waals surface area contributed by atoms with Gasteiger partial charge in [0.15, 0.2) is 0 Å². The highest BCUT2D eigenvalue weighted by Crippen LogP contribution is 2.56. The second kappa shape index (κ2) is 7.82. The predicted molar refractivity (Wildman–Crippen MR) is 80.7 cm³/mol. The van der Waals surface area contributed by atoms with E-state index in [1.54, 1.807) is 12.1 Å². The third-order valence-electron chi connectivity index (χ3n) is 2.71. The highest BCUT2D eigenvalue weighted by atomic mass is 32.1. The first-order chi connectivity index (χ1) is 9.83. The lowest BCUT2D eigenvalue weighted by molar-refractivity contribution is -0.138. The van der Waals surface area contributed by atoms with Gasteiger partial charge >= 0.3 is 13.6 Å². The molecule has 0 spiro atoms. The molecule has 0 aliphatic rings. The van der Waals surface area contributed by atoms with Gasteiger partial charge in [-0.3, -0.25) is 14.7 Å². The van der Waals surface area contributed by atoms with Crippen LogP contribution in [0, 0.1) is 0 Å². The number of carboxylic acid groups (broad SMARTS) is 1. The average Bonchev–Trinajstić information content (AvgIpc) is 2.40. The third-order valence-corrected chi connectivity index (χ3v) is 4.78. The molecule has 1 aromatic rings. The highest BCUT2D eigenvalue weighted by Gasteiger charge is 2.37. The fraction of sp³-hybridized carbons (Fsp3) is 0.417. The van der Waals surface area contributed by atoms with Crippen LogP contribution >= 0.6 is 20.2 Å². The Hall–Kier alpha value is -1.05. The summed E-state index contributed by atoms with van der Waals surface area (Å²) in [7, 11) is -4.23. The van der Waals surface area contributed by atoms with Crippen LogP contribution in [-0.2, 0) is 13.9 Å². The van der Waals surface area contributed by atoms with Gasteiger partial charge in [0.2, 0.25) is 0 Å². The molecule has 0 aliphatic carbocycles. The molecule has 0 saturated heterocycles. The van der Waals surface area contributed by atoms with E-state index < -0.39 is 25.4 Å². The minimum Gasteiger partial charge on any atom is -0.508 e.